The third kappa shape index (κ3) is 3.72. The molecular formula is C20H18F3N5O2. The molecule has 1 N–H and O–H groups in total. The SMILES string of the molecule is COc1ccc(-n2ncc(C(=O)Nc3cccc4c3CCCC4)c2C(F)(F)F)nn1. The lowest BCUT2D eigenvalue weighted by molar-refractivity contribution is -0.143. The van der Waals surface area contributed by atoms with Crippen molar-refractivity contribution in [1.82, 2.24) is 20.0 Å². The predicted octanol–water partition coefficient (Wildman–Crippen LogP) is 3.82. The van der Waals surface area contributed by atoms with Gasteiger partial charge in [-0.2, -0.15) is 18.3 Å². The molecule has 1 aliphatic rings. The van der Waals surface area contributed by atoms with E-state index >= 15 is 0 Å². The summed E-state index contributed by atoms with van der Waals surface area (Å²) in [6.45, 7) is 0. The second-order valence-electron chi connectivity index (χ2n) is 6.85. The Morgan fingerprint density at radius 3 is 2.63 bits per heavy atom. The van der Waals surface area contributed by atoms with Crippen molar-refractivity contribution in [2.45, 2.75) is 31.9 Å². The predicted molar refractivity (Wildman–Crippen MR) is 102 cm³/mol. The van der Waals surface area contributed by atoms with Gasteiger partial charge in [-0.1, -0.05) is 12.1 Å². The molecule has 2 aromatic heterocycles. The number of hydrogen-bond acceptors (Lipinski definition) is 5. The number of benzene rings is 1. The number of methoxy groups -OCH3 is 1. The molecule has 156 valence electrons. The number of anilines is 1. The molecule has 0 radical (unpaired) electrons. The van der Waals surface area contributed by atoms with Gasteiger partial charge in [0.15, 0.2) is 11.5 Å². The van der Waals surface area contributed by atoms with Crippen LogP contribution >= 0.6 is 0 Å². The number of amides is 1. The highest BCUT2D eigenvalue weighted by atomic mass is 19.4. The van der Waals surface area contributed by atoms with E-state index in [4.69, 9.17) is 4.74 Å². The van der Waals surface area contributed by atoms with E-state index < -0.39 is 23.3 Å². The molecule has 0 bridgehead atoms. The molecule has 0 unspecified atom stereocenters. The first kappa shape index (κ1) is 19.9. The standard InChI is InChI=1S/C20H18F3N5O2/c1-30-17-10-9-16(26-27-17)28-18(20(21,22)23)14(11-24-28)19(29)25-15-8-4-6-12-5-2-3-7-13(12)15/h4,6,8-11H,2-3,5,7H2,1H3,(H,25,29). The lowest BCUT2D eigenvalue weighted by atomic mass is 9.90. The normalized spacial score (nSPS) is 13.6. The number of aryl methyl sites for hydroxylation is 1. The molecule has 2 heterocycles. The van der Waals surface area contributed by atoms with Crippen LogP contribution in [0.2, 0.25) is 0 Å². The number of carbonyl (C=O) groups excluding carboxylic acids is 1. The molecule has 0 fully saturated rings. The Labute approximate surface area is 169 Å². The summed E-state index contributed by atoms with van der Waals surface area (Å²) >= 11 is 0. The Bertz CT molecular complexity index is 1080. The molecule has 0 spiro atoms. The highest BCUT2D eigenvalue weighted by Gasteiger charge is 2.41. The molecule has 1 amide bonds. The molecule has 10 heteroatoms. The molecule has 4 rings (SSSR count). The topological polar surface area (TPSA) is 81.9 Å². The fourth-order valence-corrected chi connectivity index (χ4v) is 3.58. The molecule has 0 aliphatic heterocycles. The van der Waals surface area contributed by atoms with E-state index in [0.29, 0.717) is 10.4 Å². The number of aromatic nitrogens is 4. The molecule has 0 atom stereocenters. The lowest BCUT2D eigenvalue weighted by Gasteiger charge is -2.19. The monoisotopic (exact) mass is 417 g/mol. The van der Waals surface area contributed by atoms with Gasteiger partial charge in [0.2, 0.25) is 5.88 Å². The molecular weight excluding hydrogens is 399 g/mol. The number of fused-ring (bicyclic) bond motifs is 1. The Morgan fingerprint density at radius 1 is 1.13 bits per heavy atom. The molecule has 0 saturated heterocycles. The summed E-state index contributed by atoms with van der Waals surface area (Å²) in [6, 6.07) is 8.12. The van der Waals surface area contributed by atoms with Crippen molar-refractivity contribution in [2.24, 2.45) is 0 Å². The number of ether oxygens (including phenoxy) is 1. The van der Waals surface area contributed by atoms with Crippen molar-refractivity contribution in [2.75, 3.05) is 12.4 Å². The molecule has 1 aliphatic carbocycles. The number of nitrogens with one attached hydrogen (secondary N) is 1. The highest BCUT2D eigenvalue weighted by Crippen LogP contribution is 2.34. The van der Waals surface area contributed by atoms with Crippen LogP contribution in [0, 0.1) is 0 Å². The van der Waals surface area contributed by atoms with Gasteiger partial charge < -0.3 is 10.1 Å². The van der Waals surface area contributed by atoms with Gasteiger partial charge in [-0.15, -0.1) is 10.2 Å². The summed E-state index contributed by atoms with van der Waals surface area (Å²) in [5.41, 5.74) is 0.804. The van der Waals surface area contributed by atoms with Gasteiger partial charge in [-0.3, -0.25) is 4.79 Å². The zero-order valence-electron chi connectivity index (χ0n) is 16.0. The van der Waals surface area contributed by atoms with Crippen molar-refractivity contribution < 1.29 is 22.7 Å². The fraction of sp³-hybridized carbons (Fsp3) is 0.300. The maximum absolute atomic E-state index is 13.8. The summed E-state index contributed by atoms with van der Waals surface area (Å²) in [5.74, 6) is -0.917. The summed E-state index contributed by atoms with van der Waals surface area (Å²) in [5, 5.41) is 13.8. The van der Waals surface area contributed by atoms with Crippen molar-refractivity contribution in [1.29, 1.82) is 0 Å². The molecule has 7 nitrogen and oxygen atoms in total. The summed E-state index contributed by atoms with van der Waals surface area (Å²) in [7, 11) is 1.36. The van der Waals surface area contributed by atoms with Crippen LogP contribution in [0.25, 0.3) is 5.82 Å². The Kier molecular flexibility index (Phi) is 5.15. The molecule has 0 saturated carbocycles. The van der Waals surface area contributed by atoms with E-state index in [1.807, 2.05) is 6.07 Å². The first-order valence-corrected chi connectivity index (χ1v) is 9.34. The average Bonchev–Trinajstić information content (AvgIpc) is 3.20. The van der Waals surface area contributed by atoms with Crippen LogP contribution in [0.4, 0.5) is 18.9 Å². The zero-order valence-corrected chi connectivity index (χ0v) is 16.0. The minimum atomic E-state index is -4.83. The first-order chi connectivity index (χ1) is 14.4. The number of carbonyl (C=O) groups is 1. The number of hydrogen-bond donors (Lipinski definition) is 1. The van der Waals surface area contributed by atoms with E-state index in [2.05, 4.69) is 20.6 Å². The van der Waals surface area contributed by atoms with E-state index in [-0.39, 0.29) is 11.7 Å². The highest BCUT2D eigenvalue weighted by molar-refractivity contribution is 6.05. The second-order valence-corrected chi connectivity index (χ2v) is 6.85. The smallest absolute Gasteiger partial charge is 0.434 e. The molecule has 3 aromatic rings. The number of nitrogens with zero attached hydrogens (tertiary/aromatic N) is 4. The van der Waals surface area contributed by atoms with Crippen LogP contribution in [0.3, 0.4) is 0 Å². The van der Waals surface area contributed by atoms with Crippen molar-refractivity contribution in [3.05, 3.63) is 58.9 Å². The lowest BCUT2D eigenvalue weighted by Crippen LogP contribution is -2.22. The quantitative estimate of drug-likeness (QED) is 0.698. The maximum atomic E-state index is 13.8. The van der Waals surface area contributed by atoms with Gasteiger partial charge in [0, 0.05) is 11.8 Å². The summed E-state index contributed by atoms with van der Waals surface area (Å²) < 4.78 is 46.9. The van der Waals surface area contributed by atoms with Gasteiger partial charge >= 0.3 is 6.18 Å². The van der Waals surface area contributed by atoms with E-state index in [0.717, 1.165) is 43.0 Å². The van der Waals surface area contributed by atoms with Crippen LogP contribution in [-0.2, 0) is 19.0 Å². The number of rotatable bonds is 4. The summed E-state index contributed by atoms with van der Waals surface area (Å²) in [6.07, 6.45) is -0.250. The number of alkyl halides is 3. The third-order valence-corrected chi connectivity index (χ3v) is 4.98. The average molecular weight is 417 g/mol. The van der Waals surface area contributed by atoms with Gasteiger partial charge in [-0.05, 0) is 48.9 Å². The maximum Gasteiger partial charge on any atom is 0.434 e. The largest absolute Gasteiger partial charge is 0.480 e. The van der Waals surface area contributed by atoms with E-state index in [1.165, 1.54) is 19.2 Å². The number of halogens is 3. The minimum Gasteiger partial charge on any atom is -0.480 e. The van der Waals surface area contributed by atoms with Crippen molar-refractivity contribution >= 4 is 11.6 Å². The van der Waals surface area contributed by atoms with Gasteiger partial charge in [0.1, 0.15) is 0 Å². The van der Waals surface area contributed by atoms with E-state index in [9.17, 15) is 18.0 Å². The summed E-state index contributed by atoms with van der Waals surface area (Å²) in [4.78, 5) is 12.8. The fourth-order valence-electron chi connectivity index (χ4n) is 3.58. The van der Waals surface area contributed by atoms with Gasteiger partial charge in [-0.25, -0.2) is 4.68 Å². The Hall–Kier alpha value is -3.43. The van der Waals surface area contributed by atoms with Crippen LogP contribution in [0.15, 0.2) is 36.5 Å². The Balaban J connectivity index is 1.70. The van der Waals surface area contributed by atoms with Crippen LogP contribution in [0.5, 0.6) is 5.88 Å². The minimum absolute atomic E-state index is 0.145. The van der Waals surface area contributed by atoms with Crippen molar-refractivity contribution in [3.8, 4) is 11.7 Å². The van der Waals surface area contributed by atoms with Crippen LogP contribution in [0.1, 0.15) is 40.0 Å². The zero-order chi connectivity index (χ0) is 21.3. The van der Waals surface area contributed by atoms with Crippen molar-refractivity contribution in [3.63, 3.8) is 0 Å². The first-order valence-electron chi connectivity index (χ1n) is 9.34. The molecule has 1 aromatic carbocycles. The van der Waals surface area contributed by atoms with Crippen LogP contribution in [-0.4, -0.2) is 33.0 Å². The van der Waals surface area contributed by atoms with Gasteiger partial charge in [0.25, 0.3) is 5.91 Å². The third-order valence-electron chi connectivity index (χ3n) is 4.98. The Morgan fingerprint density at radius 2 is 1.93 bits per heavy atom. The van der Waals surface area contributed by atoms with Crippen LogP contribution < -0.4 is 10.1 Å². The van der Waals surface area contributed by atoms with Gasteiger partial charge in [0.05, 0.1) is 18.9 Å². The van der Waals surface area contributed by atoms with E-state index in [1.54, 1.807) is 12.1 Å². The second kappa shape index (κ2) is 7.77. The molecule has 30 heavy (non-hydrogen) atoms.